The van der Waals surface area contributed by atoms with Gasteiger partial charge in [-0.3, -0.25) is 0 Å². The summed E-state index contributed by atoms with van der Waals surface area (Å²) in [6.07, 6.45) is 1.15. The molecule has 0 amide bonds. The first kappa shape index (κ1) is 26.9. The molecule has 5 rings (SSSR count). The maximum atomic E-state index is 13.8. The molecular formula is C28H30ClN3O4S2. The lowest BCUT2D eigenvalue weighted by Gasteiger charge is -2.28. The average molecular weight is 572 g/mol. The van der Waals surface area contributed by atoms with Gasteiger partial charge in [-0.2, -0.15) is 0 Å². The van der Waals surface area contributed by atoms with Gasteiger partial charge in [0.05, 0.1) is 23.6 Å². The van der Waals surface area contributed by atoms with Crippen LogP contribution in [0.3, 0.4) is 0 Å². The Morgan fingerprint density at radius 3 is 2.39 bits per heavy atom. The molecule has 4 aromatic rings. The number of hydrogen-bond acceptors (Lipinski definition) is 5. The Kier molecular flexibility index (Phi) is 8.20. The van der Waals surface area contributed by atoms with Gasteiger partial charge in [0.15, 0.2) is 0 Å². The molecule has 1 aromatic heterocycles. The van der Waals surface area contributed by atoms with Gasteiger partial charge in [-0.25, -0.2) is 21.3 Å². The van der Waals surface area contributed by atoms with Crippen LogP contribution >= 0.6 is 11.6 Å². The summed E-state index contributed by atoms with van der Waals surface area (Å²) < 4.78 is 51.0. The van der Waals surface area contributed by atoms with Crippen molar-refractivity contribution in [3.05, 3.63) is 88.9 Å². The van der Waals surface area contributed by atoms with Gasteiger partial charge in [-0.1, -0.05) is 48.9 Å². The summed E-state index contributed by atoms with van der Waals surface area (Å²) in [6, 6.07) is 21.6. The third-order valence-electron chi connectivity index (χ3n) is 6.72. The fourth-order valence-corrected chi connectivity index (χ4v) is 8.07. The number of fused-ring (bicyclic) bond motifs is 1. The van der Waals surface area contributed by atoms with E-state index in [0.717, 1.165) is 37.6 Å². The standard InChI is InChI=1S/C28H30ClN3O4S2/c1-2-25-26-20-22(29)10-13-27(26)32(38(34,35)24-6-4-3-5-7-24)28(25)37(33)30-15-14-21-8-11-23(12-9-21)31-16-18-36-19-17-31/h3-13,20,30H,2,14-19H2,1H3. The zero-order valence-electron chi connectivity index (χ0n) is 21.1. The van der Waals surface area contributed by atoms with Crippen LogP contribution < -0.4 is 9.62 Å². The van der Waals surface area contributed by atoms with Gasteiger partial charge >= 0.3 is 0 Å². The van der Waals surface area contributed by atoms with Gasteiger partial charge in [-0.05, 0) is 66.4 Å². The number of benzene rings is 3. The summed E-state index contributed by atoms with van der Waals surface area (Å²) in [7, 11) is -5.79. The number of hydrogen-bond donors (Lipinski definition) is 1. The second kappa shape index (κ2) is 11.6. The zero-order chi connectivity index (χ0) is 26.7. The first-order valence-electron chi connectivity index (χ1n) is 12.6. The minimum atomic E-state index is -4.01. The number of morpholine rings is 1. The van der Waals surface area contributed by atoms with E-state index in [4.69, 9.17) is 16.3 Å². The Balaban J connectivity index is 1.42. The van der Waals surface area contributed by atoms with Crippen LogP contribution in [0.1, 0.15) is 18.1 Å². The number of halogens is 1. The van der Waals surface area contributed by atoms with Crippen LogP contribution in [0.25, 0.3) is 10.9 Å². The Labute approximate surface area is 231 Å². The molecule has 0 aliphatic carbocycles. The molecule has 10 heteroatoms. The highest BCUT2D eigenvalue weighted by atomic mass is 35.5. The first-order chi connectivity index (χ1) is 18.4. The molecule has 1 unspecified atom stereocenters. The van der Waals surface area contributed by atoms with Crippen LogP contribution in [0.2, 0.25) is 5.02 Å². The van der Waals surface area contributed by atoms with E-state index in [1.165, 1.54) is 3.97 Å². The van der Waals surface area contributed by atoms with Crippen LogP contribution in [-0.2, 0) is 38.6 Å². The molecule has 1 aliphatic heterocycles. The van der Waals surface area contributed by atoms with Gasteiger partial charge in [0, 0.05) is 35.7 Å². The van der Waals surface area contributed by atoms with Crippen molar-refractivity contribution in [3.8, 4) is 0 Å². The number of ether oxygens (including phenoxy) is 1. The summed E-state index contributed by atoms with van der Waals surface area (Å²) in [6.45, 7) is 5.57. The van der Waals surface area contributed by atoms with Gasteiger partial charge in [0.1, 0.15) is 16.0 Å². The Morgan fingerprint density at radius 1 is 1.00 bits per heavy atom. The minimum absolute atomic E-state index is 0.133. The lowest BCUT2D eigenvalue weighted by molar-refractivity contribution is 0.122. The van der Waals surface area contributed by atoms with Crippen molar-refractivity contribution in [2.75, 3.05) is 37.7 Å². The molecule has 200 valence electrons. The molecule has 0 saturated carbocycles. The summed E-state index contributed by atoms with van der Waals surface area (Å²) in [4.78, 5) is 2.43. The summed E-state index contributed by atoms with van der Waals surface area (Å²) in [5.74, 6) is 0. The quantitative estimate of drug-likeness (QED) is 0.312. The maximum absolute atomic E-state index is 13.8. The van der Waals surface area contributed by atoms with Crippen molar-refractivity contribution < 1.29 is 17.4 Å². The second-order valence-corrected chi connectivity index (χ2v) is 12.5. The smallest absolute Gasteiger partial charge is 0.269 e. The molecule has 0 bridgehead atoms. The number of nitrogens with one attached hydrogen (secondary N) is 1. The molecule has 1 atom stereocenters. The van der Waals surface area contributed by atoms with E-state index < -0.39 is 21.0 Å². The van der Waals surface area contributed by atoms with Crippen molar-refractivity contribution in [2.45, 2.75) is 29.7 Å². The Morgan fingerprint density at radius 2 is 1.71 bits per heavy atom. The molecule has 1 saturated heterocycles. The number of aromatic nitrogens is 1. The van der Waals surface area contributed by atoms with E-state index >= 15 is 0 Å². The fraction of sp³-hybridized carbons (Fsp3) is 0.286. The molecule has 7 nitrogen and oxygen atoms in total. The van der Waals surface area contributed by atoms with E-state index in [1.54, 1.807) is 48.5 Å². The van der Waals surface area contributed by atoms with Crippen molar-refractivity contribution >= 4 is 49.2 Å². The average Bonchev–Trinajstić information content (AvgIpc) is 3.28. The van der Waals surface area contributed by atoms with E-state index in [0.29, 0.717) is 40.9 Å². The lowest BCUT2D eigenvalue weighted by atomic mass is 10.1. The lowest BCUT2D eigenvalue weighted by Crippen LogP contribution is -2.36. The number of anilines is 1. The summed E-state index contributed by atoms with van der Waals surface area (Å²) >= 11 is 6.27. The van der Waals surface area contributed by atoms with E-state index in [-0.39, 0.29) is 9.92 Å². The molecule has 0 radical (unpaired) electrons. The second-order valence-electron chi connectivity index (χ2n) is 9.06. The predicted molar refractivity (Wildman–Crippen MR) is 153 cm³/mol. The monoisotopic (exact) mass is 571 g/mol. The van der Waals surface area contributed by atoms with Gasteiger partial charge < -0.3 is 9.64 Å². The molecule has 1 aliphatic rings. The van der Waals surface area contributed by atoms with Crippen molar-refractivity contribution in [1.29, 1.82) is 0 Å². The van der Waals surface area contributed by atoms with Crippen LogP contribution in [0.5, 0.6) is 0 Å². The van der Waals surface area contributed by atoms with E-state index in [9.17, 15) is 12.6 Å². The van der Waals surface area contributed by atoms with Crippen molar-refractivity contribution in [3.63, 3.8) is 0 Å². The SMILES string of the molecule is CCc1c(S(=O)NCCc2ccc(N3CCOCC3)cc2)n(S(=O)(=O)c2ccccc2)c2ccc(Cl)cc12. The van der Waals surface area contributed by atoms with Gasteiger partial charge in [0.25, 0.3) is 10.0 Å². The Bertz CT molecular complexity index is 1550. The summed E-state index contributed by atoms with van der Waals surface area (Å²) in [5.41, 5.74) is 3.42. The van der Waals surface area contributed by atoms with E-state index in [1.807, 2.05) is 6.92 Å². The highest BCUT2D eigenvalue weighted by Gasteiger charge is 2.29. The van der Waals surface area contributed by atoms with Crippen molar-refractivity contribution in [2.24, 2.45) is 0 Å². The largest absolute Gasteiger partial charge is 0.378 e. The third-order valence-corrected chi connectivity index (χ3v) is 10.0. The van der Waals surface area contributed by atoms with Crippen LogP contribution in [-0.4, -0.2) is 49.4 Å². The molecule has 1 N–H and O–H groups in total. The van der Waals surface area contributed by atoms with Crippen LogP contribution in [0.4, 0.5) is 5.69 Å². The topological polar surface area (TPSA) is 80.6 Å². The molecule has 0 spiro atoms. The maximum Gasteiger partial charge on any atom is 0.269 e. The van der Waals surface area contributed by atoms with Crippen LogP contribution in [0.15, 0.2) is 82.7 Å². The molecule has 2 heterocycles. The predicted octanol–water partition coefficient (Wildman–Crippen LogP) is 4.79. The fourth-order valence-electron chi connectivity index (χ4n) is 4.79. The van der Waals surface area contributed by atoms with Crippen molar-refractivity contribution in [1.82, 2.24) is 8.69 Å². The number of rotatable bonds is 9. The number of nitrogens with zero attached hydrogens (tertiary/aromatic N) is 2. The van der Waals surface area contributed by atoms with E-state index in [2.05, 4.69) is 33.9 Å². The van der Waals surface area contributed by atoms with Gasteiger partial charge in [0.2, 0.25) is 0 Å². The first-order valence-corrected chi connectivity index (χ1v) is 15.6. The molecule has 38 heavy (non-hydrogen) atoms. The number of aryl methyl sites for hydroxylation is 1. The normalized spacial score (nSPS) is 15.2. The highest BCUT2D eigenvalue weighted by molar-refractivity contribution is 7.91. The Hall–Kier alpha value is -2.69. The summed E-state index contributed by atoms with van der Waals surface area (Å²) in [5, 5.41) is 1.41. The highest BCUT2D eigenvalue weighted by Crippen LogP contribution is 2.34. The van der Waals surface area contributed by atoms with Crippen LogP contribution in [0, 0.1) is 0 Å². The van der Waals surface area contributed by atoms with Gasteiger partial charge in [-0.15, -0.1) is 0 Å². The molecule has 1 fully saturated rings. The third kappa shape index (κ3) is 5.39. The molecular weight excluding hydrogens is 542 g/mol. The minimum Gasteiger partial charge on any atom is -0.378 e. The molecule has 3 aromatic carbocycles. The zero-order valence-corrected chi connectivity index (χ0v) is 23.5.